The molecule has 0 heterocycles. The summed E-state index contributed by atoms with van der Waals surface area (Å²) in [5.74, 6) is 0.648. The van der Waals surface area contributed by atoms with Gasteiger partial charge in [0.25, 0.3) is 0 Å². The number of nitrogens with zero attached hydrogens (tertiary/aromatic N) is 1. The zero-order valence-corrected chi connectivity index (χ0v) is 13.2. The van der Waals surface area contributed by atoms with Gasteiger partial charge in [-0.05, 0) is 26.0 Å². The molecule has 114 valence electrons. The van der Waals surface area contributed by atoms with Crippen molar-refractivity contribution in [2.75, 3.05) is 27.8 Å². The van der Waals surface area contributed by atoms with Gasteiger partial charge in [0.05, 0.1) is 19.8 Å². The first-order valence-electron chi connectivity index (χ1n) is 6.02. The van der Waals surface area contributed by atoms with E-state index >= 15 is 0 Å². The molecule has 0 spiro atoms. The third kappa shape index (κ3) is 3.84. The molecule has 0 atom stereocenters. The van der Waals surface area contributed by atoms with Crippen molar-refractivity contribution in [3.63, 3.8) is 0 Å². The highest BCUT2D eigenvalue weighted by molar-refractivity contribution is 7.89. The number of sulfonamides is 1. The van der Waals surface area contributed by atoms with Crippen molar-refractivity contribution in [2.24, 2.45) is 0 Å². The minimum Gasteiger partial charge on any atom is -0.497 e. The Kier molecular flexibility index (Phi) is 5.01. The van der Waals surface area contributed by atoms with Crippen LogP contribution in [0.1, 0.15) is 13.8 Å². The predicted octanol–water partition coefficient (Wildman–Crippen LogP) is 1.10. The first kappa shape index (κ1) is 16.7. The number of ether oxygens (including phenoxy) is 2. The van der Waals surface area contributed by atoms with E-state index in [4.69, 9.17) is 9.47 Å². The van der Waals surface area contributed by atoms with E-state index in [-0.39, 0.29) is 17.2 Å². The highest BCUT2D eigenvalue weighted by Gasteiger charge is 2.29. The number of hydrogen-bond acceptors (Lipinski definition) is 5. The monoisotopic (exact) mass is 303 g/mol. The van der Waals surface area contributed by atoms with Crippen molar-refractivity contribution < 1.29 is 23.0 Å². The van der Waals surface area contributed by atoms with Crippen LogP contribution in [0.25, 0.3) is 0 Å². The third-order valence-corrected chi connectivity index (χ3v) is 4.49. The van der Waals surface area contributed by atoms with Crippen LogP contribution in [0.3, 0.4) is 0 Å². The van der Waals surface area contributed by atoms with Gasteiger partial charge in [-0.3, -0.25) is 0 Å². The summed E-state index contributed by atoms with van der Waals surface area (Å²) in [5.41, 5.74) is -1.13. The van der Waals surface area contributed by atoms with E-state index < -0.39 is 15.6 Å². The standard InChI is InChI=1S/C13H21NO5S/c1-13(2,15)9-14(3)20(16,17)12-8-10(18-4)6-7-11(12)19-5/h6-8,15H,9H2,1-5H3. The fraction of sp³-hybridized carbons (Fsp3) is 0.538. The normalized spacial score (nSPS) is 12.6. The Hall–Kier alpha value is -1.31. The third-order valence-electron chi connectivity index (χ3n) is 2.67. The second kappa shape index (κ2) is 5.99. The lowest BCUT2D eigenvalue weighted by molar-refractivity contribution is 0.0639. The van der Waals surface area contributed by atoms with E-state index in [1.165, 1.54) is 33.4 Å². The van der Waals surface area contributed by atoms with E-state index in [0.717, 1.165) is 4.31 Å². The number of rotatable bonds is 6. The molecule has 0 unspecified atom stereocenters. The molecule has 6 nitrogen and oxygen atoms in total. The molecule has 0 amide bonds. The number of benzene rings is 1. The Morgan fingerprint density at radius 3 is 2.30 bits per heavy atom. The second-order valence-electron chi connectivity index (χ2n) is 5.09. The van der Waals surface area contributed by atoms with Crippen LogP contribution in [0.2, 0.25) is 0 Å². The zero-order valence-electron chi connectivity index (χ0n) is 12.4. The summed E-state index contributed by atoms with van der Waals surface area (Å²) >= 11 is 0. The molecule has 0 bridgehead atoms. The molecule has 0 aliphatic heterocycles. The molecular formula is C13H21NO5S. The molecule has 1 N–H and O–H groups in total. The van der Waals surface area contributed by atoms with E-state index in [0.29, 0.717) is 5.75 Å². The summed E-state index contributed by atoms with van der Waals surface area (Å²) in [6.07, 6.45) is 0. The molecule has 20 heavy (non-hydrogen) atoms. The Balaban J connectivity index is 3.26. The fourth-order valence-corrected chi connectivity index (χ4v) is 3.28. The summed E-state index contributed by atoms with van der Waals surface area (Å²) < 4.78 is 36.3. The van der Waals surface area contributed by atoms with Crippen LogP contribution in [0.15, 0.2) is 23.1 Å². The highest BCUT2D eigenvalue weighted by Crippen LogP contribution is 2.30. The Labute approximate surface area is 120 Å². The topological polar surface area (TPSA) is 76.1 Å². The molecule has 7 heteroatoms. The van der Waals surface area contributed by atoms with E-state index in [1.54, 1.807) is 19.9 Å². The first-order valence-corrected chi connectivity index (χ1v) is 7.46. The summed E-state index contributed by atoms with van der Waals surface area (Å²) in [5, 5.41) is 9.76. The number of aliphatic hydroxyl groups is 1. The second-order valence-corrected chi connectivity index (χ2v) is 7.10. The van der Waals surface area contributed by atoms with E-state index in [1.807, 2.05) is 0 Å². The summed E-state index contributed by atoms with van der Waals surface area (Å²) in [6, 6.07) is 4.55. The van der Waals surface area contributed by atoms with Crippen molar-refractivity contribution in [3.05, 3.63) is 18.2 Å². The van der Waals surface area contributed by atoms with Gasteiger partial charge < -0.3 is 14.6 Å². The van der Waals surface area contributed by atoms with Crippen LogP contribution in [0.4, 0.5) is 0 Å². The van der Waals surface area contributed by atoms with Crippen molar-refractivity contribution in [2.45, 2.75) is 24.3 Å². The lowest BCUT2D eigenvalue weighted by Gasteiger charge is -2.25. The fourth-order valence-electron chi connectivity index (χ4n) is 1.78. The minimum absolute atomic E-state index is 0.00565. The van der Waals surface area contributed by atoms with Crippen LogP contribution in [-0.4, -0.2) is 51.2 Å². The maximum absolute atomic E-state index is 12.5. The summed E-state index contributed by atoms with van der Waals surface area (Å²) in [4.78, 5) is 0.00565. The van der Waals surface area contributed by atoms with Gasteiger partial charge in [-0.1, -0.05) is 0 Å². The van der Waals surface area contributed by atoms with Crippen LogP contribution < -0.4 is 9.47 Å². The van der Waals surface area contributed by atoms with Crippen LogP contribution in [-0.2, 0) is 10.0 Å². The van der Waals surface area contributed by atoms with Crippen molar-refractivity contribution in [1.82, 2.24) is 4.31 Å². The lowest BCUT2D eigenvalue weighted by Crippen LogP contribution is -2.39. The van der Waals surface area contributed by atoms with Gasteiger partial charge in [-0.25, -0.2) is 8.42 Å². The largest absolute Gasteiger partial charge is 0.497 e. The number of likely N-dealkylation sites (N-methyl/N-ethyl adjacent to an activating group) is 1. The van der Waals surface area contributed by atoms with Gasteiger partial charge in [0.1, 0.15) is 16.4 Å². The van der Waals surface area contributed by atoms with Gasteiger partial charge >= 0.3 is 0 Å². The molecule has 0 fully saturated rings. The Morgan fingerprint density at radius 1 is 1.25 bits per heavy atom. The lowest BCUT2D eigenvalue weighted by atomic mass is 10.1. The quantitative estimate of drug-likeness (QED) is 0.851. The average Bonchev–Trinajstić information content (AvgIpc) is 2.35. The molecule has 0 radical (unpaired) electrons. The molecule has 0 aliphatic carbocycles. The van der Waals surface area contributed by atoms with Gasteiger partial charge in [0, 0.05) is 19.7 Å². The van der Waals surface area contributed by atoms with Crippen LogP contribution in [0.5, 0.6) is 11.5 Å². The SMILES string of the molecule is COc1ccc(OC)c(S(=O)(=O)N(C)CC(C)(C)O)c1. The minimum atomic E-state index is -3.78. The number of methoxy groups -OCH3 is 2. The average molecular weight is 303 g/mol. The molecule has 0 saturated heterocycles. The molecule has 1 rings (SSSR count). The van der Waals surface area contributed by atoms with Crippen molar-refractivity contribution >= 4 is 10.0 Å². The van der Waals surface area contributed by atoms with Crippen molar-refractivity contribution in [3.8, 4) is 11.5 Å². The molecule has 1 aromatic rings. The molecule has 0 aliphatic rings. The Morgan fingerprint density at radius 2 is 1.85 bits per heavy atom. The van der Waals surface area contributed by atoms with Gasteiger partial charge in [-0.2, -0.15) is 4.31 Å². The molecule has 0 saturated carbocycles. The zero-order chi connectivity index (χ0) is 15.6. The smallest absolute Gasteiger partial charge is 0.246 e. The summed E-state index contributed by atoms with van der Waals surface area (Å²) in [7, 11) is 0.486. The maximum atomic E-state index is 12.5. The number of hydrogen-bond donors (Lipinski definition) is 1. The first-order chi connectivity index (χ1) is 9.11. The van der Waals surface area contributed by atoms with Gasteiger partial charge in [0.2, 0.25) is 10.0 Å². The van der Waals surface area contributed by atoms with E-state index in [2.05, 4.69) is 0 Å². The molecule has 1 aromatic carbocycles. The van der Waals surface area contributed by atoms with Gasteiger partial charge in [-0.15, -0.1) is 0 Å². The van der Waals surface area contributed by atoms with Crippen LogP contribution >= 0.6 is 0 Å². The summed E-state index contributed by atoms with van der Waals surface area (Å²) in [6.45, 7) is 3.05. The van der Waals surface area contributed by atoms with Gasteiger partial charge in [0.15, 0.2) is 0 Å². The highest BCUT2D eigenvalue weighted by atomic mass is 32.2. The Bertz CT molecular complexity index is 563. The van der Waals surface area contributed by atoms with Crippen LogP contribution in [0, 0.1) is 0 Å². The van der Waals surface area contributed by atoms with Crippen molar-refractivity contribution in [1.29, 1.82) is 0 Å². The molecular weight excluding hydrogens is 282 g/mol. The predicted molar refractivity (Wildman–Crippen MR) is 75.7 cm³/mol. The molecule has 0 aromatic heterocycles. The van der Waals surface area contributed by atoms with E-state index in [9.17, 15) is 13.5 Å². The maximum Gasteiger partial charge on any atom is 0.246 e.